The van der Waals surface area contributed by atoms with E-state index < -0.39 is 0 Å². The third-order valence-electron chi connectivity index (χ3n) is 5.20. The van der Waals surface area contributed by atoms with E-state index in [-0.39, 0.29) is 6.04 Å². The third kappa shape index (κ3) is 2.96. The monoisotopic (exact) mass is 465 g/mol. The predicted octanol–water partition coefficient (Wildman–Crippen LogP) is 6.77. The van der Waals surface area contributed by atoms with Gasteiger partial charge in [0, 0.05) is 20.6 Å². The Morgan fingerprint density at radius 1 is 1.10 bits per heavy atom. The average Bonchev–Trinajstić information content (AvgIpc) is 3.30. The van der Waals surface area contributed by atoms with Crippen LogP contribution in [-0.2, 0) is 0 Å². The number of rotatable bonds is 2. The summed E-state index contributed by atoms with van der Waals surface area (Å²) in [6.07, 6.45) is 3.54. The van der Waals surface area contributed by atoms with Crippen molar-refractivity contribution in [3.63, 3.8) is 0 Å². The molecule has 0 aliphatic carbocycles. The van der Waals surface area contributed by atoms with Gasteiger partial charge >= 0.3 is 0 Å². The smallest absolute Gasteiger partial charge is 0.157 e. The number of aliphatic imine (C=N–C) groups is 1. The molecule has 4 aromatic rings. The molecule has 6 heteroatoms. The zero-order valence-corrected chi connectivity index (χ0v) is 18.2. The molecule has 0 radical (unpaired) electrons. The van der Waals surface area contributed by atoms with Crippen LogP contribution in [0.5, 0.6) is 0 Å². The molecule has 0 fully saturated rings. The Morgan fingerprint density at radius 2 is 1.93 bits per heavy atom. The lowest BCUT2D eigenvalue weighted by molar-refractivity contribution is 0.576. The van der Waals surface area contributed by atoms with Gasteiger partial charge in [-0.3, -0.25) is 9.56 Å². The largest absolute Gasteiger partial charge is 0.462 e. The molecule has 2 aromatic carbocycles. The van der Waals surface area contributed by atoms with Gasteiger partial charge in [-0.1, -0.05) is 45.7 Å². The zero-order valence-electron chi connectivity index (χ0n) is 15.9. The van der Waals surface area contributed by atoms with Crippen LogP contribution in [0.1, 0.15) is 35.3 Å². The fourth-order valence-corrected chi connectivity index (χ4v) is 4.43. The molecule has 144 valence electrons. The second kappa shape index (κ2) is 7.01. The Morgan fingerprint density at radius 3 is 2.69 bits per heavy atom. The molecule has 0 N–H and O–H groups in total. The van der Waals surface area contributed by atoms with Gasteiger partial charge in [-0.2, -0.15) is 0 Å². The van der Waals surface area contributed by atoms with E-state index in [1.807, 2.05) is 49.6 Å². The lowest BCUT2D eigenvalue weighted by Gasteiger charge is -2.13. The van der Waals surface area contributed by atoms with Crippen LogP contribution in [0.3, 0.4) is 0 Å². The molecule has 2 aromatic heterocycles. The Hall–Kier alpha value is -2.63. The minimum Gasteiger partial charge on any atom is -0.462 e. The summed E-state index contributed by atoms with van der Waals surface area (Å²) in [5, 5.41) is 0.677. The molecule has 0 spiro atoms. The highest BCUT2D eigenvalue weighted by Gasteiger charge is 2.28. The highest BCUT2D eigenvalue weighted by Crippen LogP contribution is 2.38. The number of hydrogen-bond donors (Lipinski definition) is 0. The first-order valence-corrected chi connectivity index (χ1v) is 10.5. The normalized spacial score (nSPS) is 15.4. The Labute approximate surface area is 182 Å². The van der Waals surface area contributed by atoms with Gasteiger partial charge in [-0.15, -0.1) is 0 Å². The summed E-state index contributed by atoms with van der Waals surface area (Å²) in [4.78, 5) is 9.80. The van der Waals surface area contributed by atoms with Crippen LogP contribution in [0, 0.1) is 6.92 Å². The van der Waals surface area contributed by atoms with Crippen LogP contribution in [0.2, 0.25) is 5.02 Å². The number of fused-ring (bicyclic) bond motifs is 3. The van der Waals surface area contributed by atoms with E-state index in [4.69, 9.17) is 26.0 Å². The third-order valence-corrected chi connectivity index (χ3v) is 6.03. The summed E-state index contributed by atoms with van der Waals surface area (Å²) >= 11 is 10.2. The van der Waals surface area contributed by atoms with Crippen molar-refractivity contribution in [2.24, 2.45) is 4.99 Å². The molecule has 1 aliphatic rings. The average molecular weight is 467 g/mol. The molecule has 5 rings (SSSR count). The van der Waals surface area contributed by atoms with E-state index >= 15 is 0 Å². The van der Waals surface area contributed by atoms with Crippen LogP contribution in [0.15, 0.2) is 75.0 Å². The summed E-state index contributed by atoms with van der Waals surface area (Å²) in [6.45, 7) is 4.10. The summed E-state index contributed by atoms with van der Waals surface area (Å²) < 4.78 is 8.84. The molecule has 0 bridgehead atoms. The standard InChI is InChI=1S/C23H17BrClN3O/c1-13-9-10-29-23(13)21-22-14(2)27-20(16-5-3-4-6-18(16)25)17-11-15(24)7-8-19(17)28(22)12-26-21/h3-12,14H,1-2H3/t14-/m1/s1. The maximum atomic E-state index is 6.56. The number of benzene rings is 2. The number of nitrogens with zero attached hydrogens (tertiary/aromatic N) is 3. The van der Waals surface area contributed by atoms with E-state index in [9.17, 15) is 0 Å². The molecule has 29 heavy (non-hydrogen) atoms. The van der Waals surface area contributed by atoms with Gasteiger partial charge in [0.2, 0.25) is 0 Å². The molecule has 1 atom stereocenters. The number of imidazole rings is 1. The second-order valence-corrected chi connectivity index (χ2v) is 8.40. The van der Waals surface area contributed by atoms with Crippen molar-refractivity contribution in [1.82, 2.24) is 9.55 Å². The maximum absolute atomic E-state index is 6.56. The molecule has 0 unspecified atom stereocenters. The summed E-state index contributed by atoms with van der Waals surface area (Å²) in [5.74, 6) is 0.778. The van der Waals surface area contributed by atoms with Crippen molar-refractivity contribution in [3.05, 3.63) is 93.0 Å². The second-order valence-electron chi connectivity index (χ2n) is 7.08. The number of hydrogen-bond acceptors (Lipinski definition) is 3. The minimum absolute atomic E-state index is 0.144. The summed E-state index contributed by atoms with van der Waals surface area (Å²) in [7, 11) is 0. The van der Waals surface area contributed by atoms with Crippen LogP contribution < -0.4 is 0 Å². The van der Waals surface area contributed by atoms with Crippen molar-refractivity contribution in [2.45, 2.75) is 19.9 Å². The first kappa shape index (κ1) is 18.4. The SMILES string of the molecule is Cc1ccoc1-c1ncn2c1[C@@H](C)N=C(c1ccccc1Cl)c1cc(Br)ccc1-2. The Kier molecular flexibility index (Phi) is 4.45. The van der Waals surface area contributed by atoms with Crippen molar-refractivity contribution in [3.8, 4) is 17.1 Å². The van der Waals surface area contributed by atoms with E-state index in [1.165, 1.54) is 0 Å². The van der Waals surface area contributed by atoms with Gasteiger partial charge in [0.25, 0.3) is 0 Å². The van der Waals surface area contributed by atoms with Crippen molar-refractivity contribution in [2.75, 3.05) is 0 Å². The number of furan rings is 1. The zero-order chi connectivity index (χ0) is 20.1. The summed E-state index contributed by atoms with van der Waals surface area (Å²) in [6, 6.07) is 15.8. The topological polar surface area (TPSA) is 43.3 Å². The lowest BCUT2D eigenvalue weighted by atomic mass is 10.0. The molecule has 4 nitrogen and oxygen atoms in total. The molecular formula is C23H17BrClN3O. The van der Waals surface area contributed by atoms with Gasteiger partial charge in [-0.05, 0) is 49.7 Å². The van der Waals surface area contributed by atoms with Crippen LogP contribution in [0.4, 0.5) is 0 Å². The number of aryl methyl sites for hydroxylation is 1. The van der Waals surface area contributed by atoms with Gasteiger partial charge in [0.15, 0.2) is 5.76 Å². The first-order valence-electron chi connectivity index (χ1n) is 9.29. The quantitative estimate of drug-likeness (QED) is 0.327. The van der Waals surface area contributed by atoms with E-state index in [1.54, 1.807) is 6.26 Å². The molecule has 3 heterocycles. The van der Waals surface area contributed by atoms with Crippen LogP contribution >= 0.6 is 27.5 Å². The maximum Gasteiger partial charge on any atom is 0.157 e. The summed E-state index contributed by atoms with van der Waals surface area (Å²) in [5.41, 5.74) is 6.65. The minimum atomic E-state index is -0.144. The van der Waals surface area contributed by atoms with Gasteiger partial charge in [0.05, 0.1) is 29.4 Å². The Bertz CT molecular complexity index is 1270. The molecular weight excluding hydrogens is 450 g/mol. The van der Waals surface area contributed by atoms with E-state index in [2.05, 4.69) is 39.6 Å². The first-order chi connectivity index (χ1) is 14.0. The van der Waals surface area contributed by atoms with E-state index in [0.29, 0.717) is 5.02 Å². The molecule has 1 aliphatic heterocycles. The number of halogens is 2. The molecule has 0 saturated heterocycles. The van der Waals surface area contributed by atoms with Gasteiger partial charge in [0.1, 0.15) is 12.0 Å². The number of aromatic nitrogens is 2. The van der Waals surface area contributed by atoms with Crippen LogP contribution in [0.25, 0.3) is 17.1 Å². The van der Waals surface area contributed by atoms with Crippen molar-refractivity contribution < 1.29 is 4.42 Å². The highest BCUT2D eigenvalue weighted by atomic mass is 79.9. The van der Waals surface area contributed by atoms with Gasteiger partial charge < -0.3 is 4.42 Å². The van der Waals surface area contributed by atoms with Crippen molar-refractivity contribution in [1.29, 1.82) is 0 Å². The Balaban J connectivity index is 1.82. The fourth-order valence-electron chi connectivity index (χ4n) is 3.84. The lowest BCUT2D eigenvalue weighted by Crippen LogP contribution is -2.07. The molecule has 0 amide bonds. The van der Waals surface area contributed by atoms with E-state index in [0.717, 1.165) is 49.7 Å². The predicted molar refractivity (Wildman–Crippen MR) is 119 cm³/mol. The highest BCUT2D eigenvalue weighted by molar-refractivity contribution is 9.10. The molecule has 0 saturated carbocycles. The fraction of sp³-hybridized carbons (Fsp3) is 0.130. The van der Waals surface area contributed by atoms with Gasteiger partial charge in [-0.25, -0.2) is 4.98 Å². The van der Waals surface area contributed by atoms with Crippen LogP contribution in [-0.4, -0.2) is 15.3 Å². The van der Waals surface area contributed by atoms with Crippen molar-refractivity contribution >= 4 is 33.2 Å².